The predicted molar refractivity (Wildman–Crippen MR) is 95.2 cm³/mol. The van der Waals surface area contributed by atoms with Crippen LogP contribution in [0.2, 0.25) is 5.15 Å². The minimum absolute atomic E-state index is 0.384. The summed E-state index contributed by atoms with van der Waals surface area (Å²) < 4.78 is 0. The van der Waals surface area contributed by atoms with Gasteiger partial charge in [0.25, 0.3) is 0 Å². The summed E-state index contributed by atoms with van der Waals surface area (Å²) in [6, 6.07) is 11.6. The highest BCUT2D eigenvalue weighted by Crippen LogP contribution is 2.22. The smallest absolute Gasteiger partial charge is 0.153 e. The molecular weight excluding hydrogens is 310 g/mol. The van der Waals surface area contributed by atoms with Crippen molar-refractivity contribution in [3.05, 3.63) is 82.9 Å². The molecule has 0 amide bonds. The summed E-state index contributed by atoms with van der Waals surface area (Å²) in [5, 5.41) is 3.45. The Hall–Kier alpha value is -2.50. The van der Waals surface area contributed by atoms with E-state index in [1.54, 1.807) is 12.4 Å². The van der Waals surface area contributed by atoms with Gasteiger partial charge in [0.1, 0.15) is 0 Å². The number of allylic oxidation sites excluding steroid dienone is 2. The lowest BCUT2D eigenvalue weighted by molar-refractivity contribution is 0.457. The third-order valence-corrected chi connectivity index (χ3v) is 3.83. The first-order chi connectivity index (χ1) is 10.9. The number of aromatic nitrogens is 1. The monoisotopic (exact) mass is 329 g/mol. The molecule has 1 aliphatic rings. The van der Waals surface area contributed by atoms with Crippen LogP contribution in [0.5, 0.6) is 0 Å². The van der Waals surface area contributed by atoms with Gasteiger partial charge >= 0.3 is 0 Å². The summed E-state index contributed by atoms with van der Waals surface area (Å²) in [7, 11) is 0. The average Bonchev–Trinajstić information content (AvgIpc) is 2.57. The number of benzene rings is 1. The third kappa shape index (κ3) is 3.83. The topological polar surface area (TPSA) is 103 Å². The fourth-order valence-corrected chi connectivity index (χ4v) is 2.24. The fourth-order valence-electron chi connectivity index (χ4n) is 2.03. The Morgan fingerprint density at radius 1 is 1.13 bits per heavy atom. The molecule has 0 saturated carbocycles. The largest absolute Gasteiger partial charge is 0.399 e. The van der Waals surface area contributed by atoms with Gasteiger partial charge in [0.2, 0.25) is 0 Å². The second-order valence-corrected chi connectivity index (χ2v) is 5.49. The summed E-state index contributed by atoms with van der Waals surface area (Å²) in [5.74, 6) is 0. The molecule has 0 radical (unpaired) electrons. The Morgan fingerprint density at radius 2 is 1.83 bits per heavy atom. The Labute approximate surface area is 140 Å². The number of nitrogens with two attached hydrogens (primary N) is 3. The third-order valence-electron chi connectivity index (χ3n) is 3.53. The van der Waals surface area contributed by atoms with Crippen molar-refractivity contribution in [3.63, 3.8) is 0 Å². The van der Waals surface area contributed by atoms with Gasteiger partial charge in [-0.25, -0.2) is 4.98 Å². The minimum atomic E-state index is -0.768. The molecule has 2 heterocycles. The quantitative estimate of drug-likeness (QED) is 0.601. The number of hydrogen-bond donors (Lipinski definition) is 4. The molecule has 1 aliphatic heterocycles. The number of halogens is 1. The molecule has 5 nitrogen and oxygen atoms in total. The first-order valence-corrected chi connectivity index (χ1v) is 7.44. The molecule has 0 saturated heterocycles. The molecular formula is C17H20ClN5. The number of rotatable bonds is 1. The molecule has 1 atom stereocenters. The van der Waals surface area contributed by atoms with Gasteiger partial charge in [0.15, 0.2) is 10.8 Å². The molecule has 120 valence electrons. The van der Waals surface area contributed by atoms with Gasteiger partial charge in [0, 0.05) is 6.20 Å². The lowest BCUT2D eigenvalue weighted by atomic mass is 9.95. The predicted octanol–water partition coefficient (Wildman–Crippen LogP) is 2.38. The number of pyridine rings is 1. The zero-order valence-corrected chi connectivity index (χ0v) is 13.6. The fraction of sp³-hybridized carbons (Fsp3) is 0.118. The Morgan fingerprint density at radius 3 is 2.39 bits per heavy atom. The zero-order valence-electron chi connectivity index (χ0n) is 12.8. The second kappa shape index (κ2) is 7.17. The van der Waals surface area contributed by atoms with Gasteiger partial charge in [-0.3, -0.25) is 5.73 Å². The molecule has 6 heteroatoms. The normalized spacial score (nSPS) is 19.2. The van der Waals surface area contributed by atoms with Crippen LogP contribution in [0.15, 0.2) is 66.6 Å². The van der Waals surface area contributed by atoms with Crippen LogP contribution in [0.4, 0.5) is 5.69 Å². The molecule has 2 aromatic rings. The van der Waals surface area contributed by atoms with Crippen LogP contribution < -0.4 is 22.5 Å². The Balaban J connectivity index is 0.000000185. The van der Waals surface area contributed by atoms with E-state index in [9.17, 15) is 0 Å². The van der Waals surface area contributed by atoms with Gasteiger partial charge in [-0.2, -0.15) is 0 Å². The van der Waals surface area contributed by atoms with Crippen molar-refractivity contribution in [3.8, 4) is 0 Å². The molecule has 1 aromatic heterocycles. The highest BCUT2D eigenvalue weighted by molar-refractivity contribution is 6.31. The van der Waals surface area contributed by atoms with Crippen molar-refractivity contribution in [1.29, 1.82) is 0 Å². The van der Waals surface area contributed by atoms with Crippen LogP contribution in [0, 0.1) is 6.92 Å². The lowest BCUT2D eigenvalue weighted by Gasteiger charge is -2.32. The van der Waals surface area contributed by atoms with E-state index in [1.807, 2.05) is 55.5 Å². The molecule has 0 fully saturated rings. The van der Waals surface area contributed by atoms with Crippen LogP contribution in [0.25, 0.3) is 0 Å². The number of nitrogen functional groups attached to an aromatic ring is 1. The number of aryl methyl sites for hydroxylation is 1. The molecule has 3 rings (SSSR count). The number of nitrogens with one attached hydrogen (secondary N) is 1. The van der Waals surface area contributed by atoms with Gasteiger partial charge in [-0.1, -0.05) is 41.9 Å². The maximum Gasteiger partial charge on any atom is 0.153 e. The van der Waals surface area contributed by atoms with Gasteiger partial charge in [0.05, 0.1) is 11.4 Å². The summed E-state index contributed by atoms with van der Waals surface area (Å²) in [6.45, 7) is 1.89. The van der Waals surface area contributed by atoms with E-state index in [1.165, 1.54) is 0 Å². The van der Waals surface area contributed by atoms with E-state index in [4.69, 9.17) is 28.8 Å². The lowest BCUT2D eigenvalue weighted by Crippen LogP contribution is -2.53. The Kier molecular flexibility index (Phi) is 5.26. The highest BCUT2D eigenvalue weighted by Gasteiger charge is 2.29. The van der Waals surface area contributed by atoms with Crippen molar-refractivity contribution in [2.24, 2.45) is 11.5 Å². The zero-order chi connectivity index (χ0) is 16.9. The van der Waals surface area contributed by atoms with Crippen LogP contribution in [-0.4, -0.2) is 4.98 Å². The average molecular weight is 330 g/mol. The van der Waals surface area contributed by atoms with Crippen molar-refractivity contribution in [2.45, 2.75) is 12.6 Å². The van der Waals surface area contributed by atoms with E-state index < -0.39 is 5.66 Å². The summed E-state index contributed by atoms with van der Waals surface area (Å²) >= 11 is 5.58. The van der Waals surface area contributed by atoms with E-state index in [-0.39, 0.29) is 0 Å². The van der Waals surface area contributed by atoms with Crippen LogP contribution >= 0.6 is 11.6 Å². The van der Waals surface area contributed by atoms with Gasteiger partial charge in [-0.05, 0) is 42.5 Å². The van der Waals surface area contributed by atoms with E-state index in [2.05, 4.69) is 10.3 Å². The van der Waals surface area contributed by atoms with Gasteiger partial charge in [-0.15, -0.1) is 0 Å². The van der Waals surface area contributed by atoms with Crippen molar-refractivity contribution >= 4 is 17.3 Å². The summed E-state index contributed by atoms with van der Waals surface area (Å²) in [5.41, 5.74) is 19.9. The van der Waals surface area contributed by atoms with Crippen LogP contribution in [0.1, 0.15) is 11.1 Å². The molecule has 0 bridgehead atoms. The summed E-state index contributed by atoms with van der Waals surface area (Å²) in [6.07, 6.45) is 7.07. The molecule has 1 unspecified atom stereocenters. The SMILES string of the molecule is Cc1ccnc(Cl)c1N.NC1=CC=CNC1(N)c1ccccc1. The number of dihydropyridines is 1. The minimum Gasteiger partial charge on any atom is -0.399 e. The van der Waals surface area contributed by atoms with Gasteiger partial charge < -0.3 is 16.8 Å². The highest BCUT2D eigenvalue weighted by atomic mass is 35.5. The molecule has 0 aliphatic carbocycles. The van der Waals surface area contributed by atoms with Crippen molar-refractivity contribution < 1.29 is 0 Å². The maximum absolute atomic E-state index is 6.17. The second-order valence-electron chi connectivity index (χ2n) is 5.13. The number of nitrogens with zero attached hydrogens (tertiary/aromatic N) is 1. The first-order valence-electron chi connectivity index (χ1n) is 7.06. The molecule has 7 N–H and O–H groups in total. The van der Waals surface area contributed by atoms with E-state index >= 15 is 0 Å². The maximum atomic E-state index is 6.17. The molecule has 0 spiro atoms. The van der Waals surface area contributed by atoms with Crippen LogP contribution in [0.3, 0.4) is 0 Å². The van der Waals surface area contributed by atoms with Crippen molar-refractivity contribution in [2.75, 3.05) is 5.73 Å². The molecule has 1 aromatic carbocycles. The number of hydrogen-bond acceptors (Lipinski definition) is 5. The van der Waals surface area contributed by atoms with E-state index in [0.29, 0.717) is 16.5 Å². The first kappa shape index (κ1) is 16.9. The van der Waals surface area contributed by atoms with Crippen molar-refractivity contribution in [1.82, 2.24) is 10.3 Å². The standard InChI is InChI=1S/C11H13N3.C6H7ClN2/c12-10-7-4-8-14-11(10,13)9-5-2-1-3-6-9;1-4-2-3-9-6(7)5(4)8/h1-8,14H,12-13H2;2-3H,8H2,1H3. The Bertz CT molecular complexity index is 707. The number of anilines is 1. The van der Waals surface area contributed by atoms with E-state index in [0.717, 1.165) is 11.1 Å². The molecule has 23 heavy (non-hydrogen) atoms. The van der Waals surface area contributed by atoms with Crippen LogP contribution in [-0.2, 0) is 5.66 Å². The summed E-state index contributed by atoms with van der Waals surface area (Å²) in [4.78, 5) is 3.78.